The number of fused-ring (bicyclic) bond motifs is 3. The second-order valence-corrected chi connectivity index (χ2v) is 20.0. The molecule has 3 aromatic carbocycles. The number of carboxylic acid groups (broad SMARTS) is 1. The summed E-state index contributed by atoms with van der Waals surface area (Å²) in [6, 6.07) is 16.0. The standard InChI is InChI=1S/C49H58Cl2FN7O6/c50-31-13-18-35-38(26-31)55-47(65)49(35)41(34-7-4-8-36(51)42(34)52)43(57-48(49)21-2-1-3-22-48)45(62)54-33-16-11-30(12-17-33)27-59-25-24-58(28-39(59)46(63)64)23-5-6-29-9-14-32(15-10-29)53-37-19-20-40(60)56-44(37)61/h4,7-10,13-15,18,26,30,33,37,39,41,43,53,57H,1-3,5-6,11-12,16-17,19-25,27-28H2,(H,54,62)(H,55,65)(H,63,64)(H,56,60,61)/t30?,33?,37?,39-,41-,43+,49+/m0/s1. The Morgan fingerprint density at radius 2 is 1.68 bits per heavy atom. The van der Waals surface area contributed by atoms with Gasteiger partial charge < -0.3 is 21.1 Å². The number of carbonyl (C=O) groups excluding carboxylic acids is 4. The quantitative estimate of drug-likeness (QED) is 0.112. The van der Waals surface area contributed by atoms with Crippen molar-refractivity contribution in [2.24, 2.45) is 5.92 Å². The van der Waals surface area contributed by atoms with Gasteiger partial charge in [-0.1, -0.05) is 72.8 Å². The lowest BCUT2D eigenvalue weighted by atomic mass is 9.55. The fourth-order valence-corrected chi connectivity index (χ4v) is 12.5. The van der Waals surface area contributed by atoms with Crippen LogP contribution in [0.4, 0.5) is 15.8 Å². The molecule has 2 saturated carbocycles. The normalized spacial score (nSPS) is 29.1. The van der Waals surface area contributed by atoms with Crippen LogP contribution < -0.4 is 26.6 Å². The number of hydrogen-bond acceptors (Lipinski definition) is 9. The highest BCUT2D eigenvalue weighted by molar-refractivity contribution is 6.31. The highest BCUT2D eigenvalue weighted by Gasteiger charge is 2.72. The first-order valence-electron chi connectivity index (χ1n) is 23.4. The molecule has 0 radical (unpaired) electrons. The third kappa shape index (κ3) is 8.89. The Bertz CT molecular complexity index is 2320. The van der Waals surface area contributed by atoms with E-state index >= 15 is 4.39 Å². The van der Waals surface area contributed by atoms with Gasteiger partial charge in [0.25, 0.3) is 0 Å². The Labute approximate surface area is 388 Å². The maximum atomic E-state index is 16.3. The van der Waals surface area contributed by atoms with Crippen LogP contribution in [0.25, 0.3) is 0 Å². The molecule has 6 aliphatic rings. The summed E-state index contributed by atoms with van der Waals surface area (Å²) in [5.41, 5.74) is 1.39. The van der Waals surface area contributed by atoms with Gasteiger partial charge in [0.15, 0.2) is 0 Å². The molecular weight excluding hydrogens is 872 g/mol. The minimum absolute atomic E-state index is 0.0664. The van der Waals surface area contributed by atoms with Crippen molar-refractivity contribution in [1.29, 1.82) is 0 Å². The van der Waals surface area contributed by atoms with E-state index in [0.717, 1.165) is 82.1 Å². The highest BCUT2D eigenvalue weighted by Crippen LogP contribution is 2.63. The first kappa shape index (κ1) is 45.6. The third-order valence-electron chi connectivity index (χ3n) is 15.3. The van der Waals surface area contributed by atoms with Crippen molar-refractivity contribution in [3.63, 3.8) is 0 Å². The zero-order chi connectivity index (χ0) is 45.5. The summed E-state index contributed by atoms with van der Waals surface area (Å²) < 4.78 is 16.3. The number of amides is 4. The number of rotatable bonds is 12. The van der Waals surface area contributed by atoms with Gasteiger partial charge in [-0.05, 0) is 117 Å². The van der Waals surface area contributed by atoms with Crippen molar-refractivity contribution in [2.45, 2.75) is 125 Å². The van der Waals surface area contributed by atoms with Crippen molar-refractivity contribution in [1.82, 2.24) is 25.8 Å². The van der Waals surface area contributed by atoms with E-state index in [2.05, 4.69) is 36.4 Å². The van der Waals surface area contributed by atoms with Gasteiger partial charge >= 0.3 is 5.97 Å². The van der Waals surface area contributed by atoms with E-state index in [1.165, 1.54) is 6.07 Å². The Balaban J connectivity index is 0.807. The zero-order valence-electron chi connectivity index (χ0n) is 36.5. The molecule has 3 saturated heterocycles. The van der Waals surface area contributed by atoms with E-state index in [9.17, 15) is 29.1 Å². The van der Waals surface area contributed by atoms with Gasteiger partial charge in [0.1, 0.15) is 23.3 Å². The van der Waals surface area contributed by atoms with E-state index in [1.54, 1.807) is 24.3 Å². The minimum Gasteiger partial charge on any atom is -0.480 e. The molecule has 3 aromatic rings. The van der Waals surface area contributed by atoms with Crippen LogP contribution in [0.1, 0.15) is 99.7 Å². The number of nitrogens with zero attached hydrogens (tertiary/aromatic N) is 2. The van der Waals surface area contributed by atoms with Gasteiger partial charge in [-0.2, -0.15) is 0 Å². The molecule has 5 fully saturated rings. The van der Waals surface area contributed by atoms with E-state index < -0.39 is 46.8 Å². The molecule has 9 rings (SSSR count). The molecule has 0 aromatic heterocycles. The number of anilines is 2. The van der Waals surface area contributed by atoms with Gasteiger partial charge in [-0.15, -0.1) is 0 Å². The van der Waals surface area contributed by atoms with Crippen LogP contribution in [0.15, 0.2) is 60.7 Å². The summed E-state index contributed by atoms with van der Waals surface area (Å²) in [7, 11) is 0. The van der Waals surface area contributed by atoms with Crippen molar-refractivity contribution in [2.75, 3.05) is 43.4 Å². The fraction of sp³-hybridized carbons (Fsp3) is 0.531. The molecule has 1 unspecified atom stereocenters. The number of piperidine rings is 1. The molecule has 2 aliphatic carbocycles. The molecule has 6 N–H and O–H groups in total. The lowest BCUT2D eigenvalue weighted by Gasteiger charge is -2.47. The lowest BCUT2D eigenvalue weighted by Crippen LogP contribution is -2.60. The van der Waals surface area contributed by atoms with E-state index in [0.29, 0.717) is 61.6 Å². The van der Waals surface area contributed by atoms with Gasteiger partial charge in [-0.25, -0.2) is 4.39 Å². The van der Waals surface area contributed by atoms with Crippen LogP contribution in [0.5, 0.6) is 0 Å². The molecule has 346 valence electrons. The van der Waals surface area contributed by atoms with Crippen LogP contribution in [0.3, 0.4) is 0 Å². The van der Waals surface area contributed by atoms with Crippen molar-refractivity contribution < 1.29 is 33.5 Å². The number of halogens is 3. The van der Waals surface area contributed by atoms with Crippen LogP contribution in [0.2, 0.25) is 10.0 Å². The third-order valence-corrected chi connectivity index (χ3v) is 15.9. The average molecular weight is 931 g/mol. The molecule has 0 bridgehead atoms. The van der Waals surface area contributed by atoms with Crippen LogP contribution in [-0.2, 0) is 35.8 Å². The molecule has 2 spiro atoms. The first-order valence-corrected chi connectivity index (χ1v) is 24.1. The largest absolute Gasteiger partial charge is 0.480 e. The monoisotopic (exact) mass is 929 g/mol. The lowest BCUT2D eigenvalue weighted by molar-refractivity contribution is -0.146. The molecule has 4 heterocycles. The number of nitrogens with one attached hydrogen (secondary N) is 5. The van der Waals surface area contributed by atoms with Crippen LogP contribution in [-0.4, -0.2) is 107 Å². The Morgan fingerprint density at radius 3 is 2.42 bits per heavy atom. The van der Waals surface area contributed by atoms with Gasteiger partial charge in [0, 0.05) is 66.5 Å². The number of imide groups is 1. The highest BCUT2D eigenvalue weighted by atomic mass is 35.5. The minimum atomic E-state index is -1.30. The second kappa shape index (κ2) is 18.9. The number of aliphatic carboxylic acids is 1. The Morgan fingerprint density at radius 1 is 0.908 bits per heavy atom. The number of carbonyl (C=O) groups is 5. The van der Waals surface area contributed by atoms with Crippen LogP contribution in [0, 0.1) is 11.7 Å². The number of aryl methyl sites for hydroxylation is 1. The maximum Gasteiger partial charge on any atom is 0.322 e. The summed E-state index contributed by atoms with van der Waals surface area (Å²) >= 11 is 12.9. The smallest absolute Gasteiger partial charge is 0.322 e. The number of piperazine rings is 1. The number of benzene rings is 3. The van der Waals surface area contributed by atoms with Gasteiger partial charge in [0.2, 0.25) is 23.6 Å². The first-order chi connectivity index (χ1) is 31.3. The second-order valence-electron chi connectivity index (χ2n) is 19.2. The van der Waals surface area contributed by atoms with E-state index in [4.69, 9.17) is 23.2 Å². The predicted molar refractivity (Wildman–Crippen MR) is 247 cm³/mol. The maximum absolute atomic E-state index is 16.3. The van der Waals surface area contributed by atoms with E-state index in [1.807, 2.05) is 30.3 Å². The predicted octanol–water partition coefficient (Wildman–Crippen LogP) is 6.38. The molecular formula is C49H58Cl2FN7O6. The van der Waals surface area contributed by atoms with Crippen molar-refractivity contribution in [3.8, 4) is 0 Å². The molecule has 16 heteroatoms. The molecule has 65 heavy (non-hydrogen) atoms. The summed E-state index contributed by atoms with van der Waals surface area (Å²) in [6.45, 7) is 3.36. The number of carboxylic acids is 1. The summed E-state index contributed by atoms with van der Waals surface area (Å²) in [5, 5.41) is 26.5. The Kier molecular flexibility index (Phi) is 13.3. The van der Waals surface area contributed by atoms with Gasteiger partial charge in [0.05, 0.1) is 11.1 Å². The Hall–Kier alpha value is -4.60. The van der Waals surface area contributed by atoms with Crippen molar-refractivity contribution >= 4 is 64.2 Å². The van der Waals surface area contributed by atoms with E-state index in [-0.39, 0.29) is 46.2 Å². The molecule has 4 aliphatic heterocycles. The topological polar surface area (TPSA) is 172 Å². The summed E-state index contributed by atoms with van der Waals surface area (Å²) in [4.78, 5) is 70.0. The van der Waals surface area contributed by atoms with Gasteiger partial charge in [-0.3, -0.25) is 44.4 Å². The number of hydrogen-bond donors (Lipinski definition) is 6. The van der Waals surface area contributed by atoms with Crippen molar-refractivity contribution in [3.05, 3.63) is 93.2 Å². The molecule has 13 nitrogen and oxygen atoms in total. The molecule has 4 amide bonds. The average Bonchev–Trinajstić information content (AvgIpc) is 3.74. The molecule has 5 atom stereocenters. The summed E-state index contributed by atoms with van der Waals surface area (Å²) in [6.07, 6.45) is 9.61. The summed E-state index contributed by atoms with van der Waals surface area (Å²) in [5.74, 6) is -3.15. The SMILES string of the molecule is O=C1CCC(Nc2ccc(CCCN3CCN(CC4CCC(NC(=O)[C@@H]5NC6(CCCCC6)[C@@]6(C(=O)Nc7cc(Cl)ccc76)[C@H]5c5cccc(Cl)c5F)CC4)[C@H](C(=O)O)C3)cc2)C(=O)N1. The van der Waals surface area contributed by atoms with Crippen LogP contribution >= 0.6 is 23.2 Å². The fourth-order valence-electron chi connectivity index (χ4n) is 12.2. The zero-order valence-corrected chi connectivity index (χ0v) is 38.0.